The van der Waals surface area contributed by atoms with E-state index in [2.05, 4.69) is 4.72 Å². The summed E-state index contributed by atoms with van der Waals surface area (Å²) < 4.78 is 39.6. The van der Waals surface area contributed by atoms with Crippen molar-refractivity contribution in [3.05, 3.63) is 89.5 Å². The standard InChI is InChI=1S/C22H23NO4S/c1-16-8-14-19(15-9-16)28(24,25)23-22(17-10-12-18(26-2)13-11-17)20-6-4-5-7-21(20)27-3/h4-15,22-23H,1-3H3/t22-/m0/s1. The van der Waals surface area contributed by atoms with Crippen molar-refractivity contribution in [3.63, 3.8) is 0 Å². The third-order valence-corrected chi connectivity index (χ3v) is 5.94. The summed E-state index contributed by atoms with van der Waals surface area (Å²) in [7, 11) is -0.592. The molecule has 3 aromatic rings. The quantitative estimate of drug-likeness (QED) is 0.652. The van der Waals surface area contributed by atoms with Gasteiger partial charge in [0.1, 0.15) is 11.5 Å². The lowest BCUT2D eigenvalue weighted by atomic mass is 9.98. The minimum absolute atomic E-state index is 0.214. The van der Waals surface area contributed by atoms with Crippen molar-refractivity contribution in [2.24, 2.45) is 0 Å². The van der Waals surface area contributed by atoms with E-state index in [1.165, 1.54) is 0 Å². The van der Waals surface area contributed by atoms with Crippen LogP contribution < -0.4 is 14.2 Å². The highest BCUT2D eigenvalue weighted by atomic mass is 32.2. The second-order valence-corrected chi connectivity index (χ2v) is 8.10. The second-order valence-electron chi connectivity index (χ2n) is 6.38. The van der Waals surface area contributed by atoms with Crippen LogP contribution >= 0.6 is 0 Å². The topological polar surface area (TPSA) is 64.6 Å². The Kier molecular flexibility index (Phi) is 6.02. The van der Waals surface area contributed by atoms with Crippen molar-refractivity contribution in [1.29, 1.82) is 0 Å². The van der Waals surface area contributed by atoms with Gasteiger partial charge in [0.25, 0.3) is 0 Å². The summed E-state index contributed by atoms with van der Waals surface area (Å²) in [6.07, 6.45) is 0. The fourth-order valence-corrected chi connectivity index (χ4v) is 4.16. The fraction of sp³-hybridized carbons (Fsp3) is 0.182. The molecule has 0 aliphatic heterocycles. The van der Waals surface area contributed by atoms with E-state index in [1.54, 1.807) is 50.6 Å². The number of methoxy groups -OCH3 is 2. The lowest BCUT2D eigenvalue weighted by Gasteiger charge is -2.22. The highest BCUT2D eigenvalue weighted by molar-refractivity contribution is 7.89. The zero-order chi connectivity index (χ0) is 20.1. The minimum Gasteiger partial charge on any atom is -0.497 e. The molecule has 0 saturated carbocycles. The van der Waals surface area contributed by atoms with E-state index >= 15 is 0 Å². The van der Waals surface area contributed by atoms with Crippen LogP contribution in [0.3, 0.4) is 0 Å². The molecule has 0 aromatic heterocycles. The number of nitrogens with one attached hydrogen (secondary N) is 1. The Morgan fingerprint density at radius 1 is 0.821 bits per heavy atom. The summed E-state index contributed by atoms with van der Waals surface area (Å²) in [6.45, 7) is 1.92. The highest BCUT2D eigenvalue weighted by Crippen LogP contribution is 2.32. The largest absolute Gasteiger partial charge is 0.497 e. The Balaban J connectivity index is 2.06. The SMILES string of the molecule is COc1ccc([C@H](NS(=O)(=O)c2ccc(C)cc2)c2ccccc2OC)cc1. The van der Waals surface area contributed by atoms with Crippen LogP contribution in [0.25, 0.3) is 0 Å². The molecule has 0 saturated heterocycles. The monoisotopic (exact) mass is 397 g/mol. The summed E-state index contributed by atoms with van der Waals surface area (Å²) in [6, 6.07) is 20.8. The van der Waals surface area contributed by atoms with Gasteiger partial charge in [-0.3, -0.25) is 0 Å². The van der Waals surface area contributed by atoms with Gasteiger partial charge >= 0.3 is 0 Å². The van der Waals surface area contributed by atoms with Crippen LogP contribution in [0, 0.1) is 6.92 Å². The fourth-order valence-electron chi connectivity index (χ4n) is 2.95. The first kappa shape index (κ1) is 19.9. The van der Waals surface area contributed by atoms with Crippen molar-refractivity contribution in [2.75, 3.05) is 14.2 Å². The van der Waals surface area contributed by atoms with Crippen molar-refractivity contribution < 1.29 is 17.9 Å². The van der Waals surface area contributed by atoms with E-state index in [-0.39, 0.29) is 4.90 Å². The number of hydrogen-bond donors (Lipinski definition) is 1. The molecule has 0 spiro atoms. The molecular formula is C22H23NO4S. The molecule has 3 rings (SSSR count). The number of benzene rings is 3. The number of para-hydroxylation sites is 1. The molecule has 0 bridgehead atoms. The summed E-state index contributed by atoms with van der Waals surface area (Å²) in [5, 5.41) is 0. The zero-order valence-electron chi connectivity index (χ0n) is 16.0. The van der Waals surface area contributed by atoms with E-state index in [0.29, 0.717) is 11.5 Å². The Bertz CT molecular complexity index is 1030. The molecule has 146 valence electrons. The van der Waals surface area contributed by atoms with Gasteiger partial charge in [-0.2, -0.15) is 4.72 Å². The molecule has 3 aromatic carbocycles. The van der Waals surface area contributed by atoms with Crippen molar-refractivity contribution in [1.82, 2.24) is 4.72 Å². The zero-order valence-corrected chi connectivity index (χ0v) is 16.9. The maximum absolute atomic E-state index is 13.0. The van der Waals surface area contributed by atoms with Crippen molar-refractivity contribution >= 4 is 10.0 Å². The molecule has 1 atom stereocenters. The Hall–Kier alpha value is -2.83. The molecule has 0 aliphatic carbocycles. The van der Waals surface area contributed by atoms with Gasteiger partial charge in [0.15, 0.2) is 0 Å². The molecule has 0 unspecified atom stereocenters. The first-order chi connectivity index (χ1) is 13.4. The summed E-state index contributed by atoms with van der Waals surface area (Å²) in [4.78, 5) is 0.214. The molecule has 0 aliphatic rings. The van der Waals surface area contributed by atoms with E-state index in [4.69, 9.17) is 9.47 Å². The van der Waals surface area contributed by atoms with Crippen LogP contribution in [-0.4, -0.2) is 22.6 Å². The summed E-state index contributed by atoms with van der Waals surface area (Å²) >= 11 is 0. The highest BCUT2D eigenvalue weighted by Gasteiger charge is 2.25. The number of hydrogen-bond acceptors (Lipinski definition) is 4. The van der Waals surface area contributed by atoms with Crippen molar-refractivity contribution in [3.8, 4) is 11.5 Å². The maximum Gasteiger partial charge on any atom is 0.241 e. The average Bonchev–Trinajstić information content (AvgIpc) is 2.72. The van der Waals surface area contributed by atoms with Gasteiger partial charge in [-0.05, 0) is 42.8 Å². The summed E-state index contributed by atoms with van der Waals surface area (Å²) in [5.41, 5.74) is 2.50. The van der Waals surface area contributed by atoms with Crippen molar-refractivity contribution in [2.45, 2.75) is 17.9 Å². The van der Waals surface area contributed by atoms with Gasteiger partial charge in [-0.15, -0.1) is 0 Å². The van der Waals surface area contributed by atoms with Crippen LogP contribution in [0.2, 0.25) is 0 Å². The van der Waals surface area contributed by atoms with Gasteiger partial charge in [0.05, 0.1) is 25.2 Å². The van der Waals surface area contributed by atoms with Gasteiger partial charge in [-0.25, -0.2) is 8.42 Å². The van der Waals surface area contributed by atoms with Crippen LogP contribution in [0.15, 0.2) is 77.7 Å². The van der Waals surface area contributed by atoms with E-state index in [1.807, 2.05) is 43.3 Å². The van der Waals surface area contributed by atoms with E-state index in [9.17, 15) is 8.42 Å². The normalized spacial score (nSPS) is 12.4. The van der Waals surface area contributed by atoms with Gasteiger partial charge < -0.3 is 9.47 Å². The molecule has 1 N–H and O–H groups in total. The molecule has 0 fully saturated rings. The van der Waals surface area contributed by atoms with E-state index < -0.39 is 16.1 Å². The second kappa shape index (κ2) is 8.46. The van der Waals surface area contributed by atoms with Crippen LogP contribution in [0.1, 0.15) is 22.7 Å². The first-order valence-electron chi connectivity index (χ1n) is 8.80. The van der Waals surface area contributed by atoms with Gasteiger partial charge in [-0.1, -0.05) is 48.0 Å². The average molecular weight is 397 g/mol. The maximum atomic E-state index is 13.0. The number of ether oxygens (including phenoxy) is 2. The van der Waals surface area contributed by atoms with Gasteiger partial charge in [0.2, 0.25) is 10.0 Å². The molecule has 6 heteroatoms. The summed E-state index contributed by atoms with van der Waals surface area (Å²) in [5.74, 6) is 1.30. The lowest BCUT2D eigenvalue weighted by molar-refractivity contribution is 0.406. The van der Waals surface area contributed by atoms with Gasteiger partial charge in [0, 0.05) is 5.56 Å². The van der Waals surface area contributed by atoms with E-state index in [0.717, 1.165) is 16.7 Å². The van der Waals surface area contributed by atoms with Crippen LogP contribution in [0.4, 0.5) is 0 Å². The molecule has 0 radical (unpaired) electrons. The predicted molar refractivity (Wildman–Crippen MR) is 109 cm³/mol. The third kappa shape index (κ3) is 4.35. The molecule has 28 heavy (non-hydrogen) atoms. The number of sulfonamides is 1. The van der Waals surface area contributed by atoms with Crippen LogP contribution in [0.5, 0.6) is 11.5 Å². The first-order valence-corrected chi connectivity index (χ1v) is 10.3. The molecular weight excluding hydrogens is 374 g/mol. The molecule has 5 nitrogen and oxygen atoms in total. The Morgan fingerprint density at radius 2 is 1.46 bits per heavy atom. The smallest absolute Gasteiger partial charge is 0.241 e. The number of rotatable bonds is 7. The third-order valence-electron chi connectivity index (χ3n) is 4.50. The Labute approximate surface area is 166 Å². The minimum atomic E-state index is -3.75. The number of aryl methyl sites for hydroxylation is 1. The predicted octanol–water partition coefficient (Wildman–Crippen LogP) is 4.08. The molecule has 0 heterocycles. The molecule has 0 amide bonds. The van der Waals surface area contributed by atoms with Crippen LogP contribution in [-0.2, 0) is 10.0 Å². The lowest BCUT2D eigenvalue weighted by Crippen LogP contribution is -2.29. The Morgan fingerprint density at radius 3 is 2.07 bits per heavy atom.